The maximum Gasteiger partial charge on any atom is 0.294 e. The number of rotatable bonds is 6. The number of nitrogens with zero attached hydrogens (tertiary/aromatic N) is 6. The SMILES string of the molecule is O=[N+]([O-])c1cc2c(c([N+](=O)[O-])c1)-c1c(cc([N+](=O)[O-])cc1[N+](=O)[O-])C2=Nc1ccccc1[N+](=O)[O-]. The highest BCUT2D eigenvalue weighted by Gasteiger charge is 2.41. The molecule has 35 heavy (non-hydrogen) atoms. The van der Waals surface area contributed by atoms with E-state index >= 15 is 0 Å². The monoisotopic (exact) mass is 480 g/mol. The highest BCUT2D eigenvalue weighted by atomic mass is 16.6. The van der Waals surface area contributed by atoms with Gasteiger partial charge in [0, 0.05) is 29.3 Å². The molecular formula is C19H8N6O10. The summed E-state index contributed by atoms with van der Waals surface area (Å²) in [6, 6.07) is 7.96. The number of benzene rings is 3. The third kappa shape index (κ3) is 3.65. The number of hydrogen-bond acceptors (Lipinski definition) is 11. The largest absolute Gasteiger partial charge is 0.294 e. The summed E-state index contributed by atoms with van der Waals surface area (Å²) < 4.78 is 0. The maximum absolute atomic E-state index is 11.8. The number of non-ortho nitro benzene ring substituents is 2. The standard InChI is InChI=1S/C19H8N6O10/c26-21(27)9-5-11-17(15(7-9)24(32)33)18-12(6-10(22(28)29)8-16(18)25(34)35)19(11)20-13-3-1-2-4-14(13)23(30)31/h1-8H. The number of para-hydroxylation sites is 2. The first-order valence-corrected chi connectivity index (χ1v) is 9.28. The lowest BCUT2D eigenvalue weighted by atomic mass is 10.0. The first-order valence-electron chi connectivity index (χ1n) is 9.28. The van der Waals surface area contributed by atoms with Crippen molar-refractivity contribution in [1.29, 1.82) is 0 Å². The molecule has 1 aliphatic carbocycles. The summed E-state index contributed by atoms with van der Waals surface area (Å²) in [6.45, 7) is 0. The van der Waals surface area contributed by atoms with E-state index in [0.29, 0.717) is 12.1 Å². The van der Waals surface area contributed by atoms with Gasteiger partial charge in [-0.2, -0.15) is 0 Å². The van der Waals surface area contributed by atoms with Crippen LogP contribution in [-0.2, 0) is 0 Å². The second kappa shape index (κ2) is 8.03. The Morgan fingerprint density at radius 1 is 0.543 bits per heavy atom. The molecule has 0 unspecified atom stereocenters. The molecule has 0 atom stereocenters. The van der Waals surface area contributed by atoms with Gasteiger partial charge in [0.2, 0.25) is 0 Å². The Hall–Kier alpha value is -5.67. The van der Waals surface area contributed by atoms with Gasteiger partial charge in [-0.05, 0) is 6.07 Å². The molecule has 0 N–H and O–H groups in total. The van der Waals surface area contributed by atoms with Crippen molar-refractivity contribution in [1.82, 2.24) is 0 Å². The molecule has 4 rings (SSSR count). The molecule has 0 saturated heterocycles. The molecule has 0 spiro atoms. The van der Waals surface area contributed by atoms with Gasteiger partial charge in [0.05, 0.1) is 53.6 Å². The lowest BCUT2D eigenvalue weighted by Gasteiger charge is -2.04. The maximum atomic E-state index is 11.8. The summed E-state index contributed by atoms with van der Waals surface area (Å²) in [5.41, 5.74) is -5.89. The summed E-state index contributed by atoms with van der Waals surface area (Å²) >= 11 is 0. The van der Waals surface area contributed by atoms with Crippen LogP contribution < -0.4 is 0 Å². The van der Waals surface area contributed by atoms with E-state index in [4.69, 9.17) is 0 Å². The molecule has 0 radical (unpaired) electrons. The fourth-order valence-corrected chi connectivity index (χ4v) is 3.72. The predicted octanol–water partition coefficient (Wildman–Crippen LogP) is 4.38. The van der Waals surface area contributed by atoms with Crippen molar-refractivity contribution in [2.75, 3.05) is 0 Å². The number of nitro benzene ring substituents is 5. The number of hydrogen-bond donors (Lipinski definition) is 0. The molecule has 0 aliphatic heterocycles. The molecular weight excluding hydrogens is 472 g/mol. The van der Waals surface area contributed by atoms with Gasteiger partial charge in [0.25, 0.3) is 28.4 Å². The second-order valence-electron chi connectivity index (χ2n) is 7.01. The first-order chi connectivity index (χ1) is 16.5. The van der Waals surface area contributed by atoms with E-state index in [0.717, 1.165) is 18.2 Å². The minimum atomic E-state index is -0.991. The third-order valence-corrected chi connectivity index (χ3v) is 5.09. The number of aliphatic imine (C=N–C) groups is 1. The minimum absolute atomic E-state index is 0.283. The van der Waals surface area contributed by atoms with Crippen molar-refractivity contribution in [2.24, 2.45) is 4.99 Å². The average molecular weight is 480 g/mol. The summed E-state index contributed by atoms with van der Waals surface area (Å²) in [5.74, 6) is 0. The molecule has 3 aromatic rings. The highest BCUT2D eigenvalue weighted by Crippen LogP contribution is 2.50. The Bertz CT molecular complexity index is 1460. The molecule has 0 saturated carbocycles. The van der Waals surface area contributed by atoms with Crippen molar-refractivity contribution in [3.05, 3.63) is 110 Å². The fourth-order valence-electron chi connectivity index (χ4n) is 3.72. The van der Waals surface area contributed by atoms with Crippen LogP contribution in [0.25, 0.3) is 11.1 Å². The zero-order valence-corrected chi connectivity index (χ0v) is 16.9. The van der Waals surface area contributed by atoms with Crippen LogP contribution in [0.4, 0.5) is 34.1 Å². The average Bonchev–Trinajstić information content (AvgIpc) is 3.11. The van der Waals surface area contributed by atoms with E-state index < -0.39 is 64.2 Å². The van der Waals surface area contributed by atoms with E-state index in [9.17, 15) is 50.6 Å². The molecule has 16 nitrogen and oxygen atoms in total. The van der Waals surface area contributed by atoms with Gasteiger partial charge in [0.1, 0.15) is 5.69 Å². The quantitative estimate of drug-likeness (QED) is 0.279. The smallest absolute Gasteiger partial charge is 0.258 e. The summed E-state index contributed by atoms with van der Waals surface area (Å²) in [6.07, 6.45) is 0. The van der Waals surface area contributed by atoms with Gasteiger partial charge in [-0.3, -0.25) is 50.6 Å². The molecule has 16 heteroatoms. The van der Waals surface area contributed by atoms with Crippen LogP contribution in [0, 0.1) is 50.6 Å². The molecule has 0 fully saturated rings. The van der Waals surface area contributed by atoms with Crippen molar-refractivity contribution >= 4 is 39.8 Å². The molecule has 0 bridgehead atoms. The van der Waals surface area contributed by atoms with Gasteiger partial charge in [0.15, 0.2) is 0 Å². The van der Waals surface area contributed by atoms with Crippen LogP contribution in [0.1, 0.15) is 11.1 Å². The van der Waals surface area contributed by atoms with Crippen molar-refractivity contribution in [2.45, 2.75) is 0 Å². The van der Waals surface area contributed by atoms with Crippen molar-refractivity contribution < 1.29 is 24.6 Å². The molecule has 1 aliphatic rings. The second-order valence-corrected chi connectivity index (χ2v) is 7.01. The Balaban J connectivity index is 2.22. The van der Waals surface area contributed by atoms with Crippen molar-refractivity contribution in [3.8, 4) is 11.1 Å². The lowest BCUT2D eigenvalue weighted by Crippen LogP contribution is -2.02. The van der Waals surface area contributed by atoms with E-state index in [1.165, 1.54) is 18.2 Å². The van der Waals surface area contributed by atoms with Gasteiger partial charge >= 0.3 is 0 Å². The van der Waals surface area contributed by atoms with Gasteiger partial charge in [-0.1, -0.05) is 12.1 Å². The highest BCUT2D eigenvalue weighted by molar-refractivity contribution is 6.28. The molecule has 3 aromatic carbocycles. The van der Waals surface area contributed by atoms with E-state index in [-0.39, 0.29) is 22.5 Å². The van der Waals surface area contributed by atoms with Crippen molar-refractivity contribution in [3.63, 3.8) is 0 Å². The topological polar surface area (TPSA) is 228 Å². The molecule has 0 aromatic heterocycles. The van der Waals surface area contributed by atoms with Crippen LogP contribution >= 0.6 is 0 Å². The van der Waals surface area contributed by atoms with E-state index in [1.807, 2.05) is 0 Å². The molecule has 0 amide bonds. The molecule has 0 heterocycles. The summed E-state index contributed by atoms with van der Waals surface area (Å²) in [5, 5.41) is 57.9. The number of fused-ring (bicyclic) bond motifs is 3. The Labute approximate surface area is 191 Å². The molecule has 174 valence electrons. The van der Waals surface area contributed by atoms with Crippen LogP contribution in [0.3, 0.4) is 0 Å². The predicted molar refractivity (Wildman–Crippen MR) is 117 cm³/mol. The van der Waals surface area contributed by atoms with Crippen LogP contribution in [0.5, 0.6) is 0 Å². The van der Waals surface area contributed by atoms with Gasteiger partial charge < -0.3 is 0 Å². The summed E-state index contributed by atoms with van der Waals surface area (Å²) in [4.78, 5) is 57.4. The Kier molecular flexibility index (Phi) is 5.17. The Morgan fingerprint density at radius 3 is 1.37 bits per heavy atom. The zero-order chi connectivity index (χ0) is 25.6. The Morgan fingerprint density at radius 2 is 0.971 bits per heavy atom. The van der Waals surface area contributed by atoms with Gasteiger partial charge in [-0.15, -0.1) is 0 Å². The van der Waals surface area contributed by atoms with Crippen LogP contribution in [0.15, 0.2) is 53.5 Å². The van der Waals surface area contributed by atoms with Gasteiger partial charge in [-0.25, -0.2) is 4.99 Å². The first kappa shape index (κ1) is 22.5. The third-order valence-electron chi connectivity index (χ3n) is 5.09. The van der Waals surface area contributed by atoms with E-state index in [1.54, 1.807) is 0 Å². The van der Waals surface area contributed by atoms with Crippen LogP contribution in [0.2, 0.25) is 0 Å². The van der Waals surface area contributed by atoms with E-state index in [2.05, 4.69) is 4.99 Å². The number of nitro groups is 5. The summed E-state index contributed by atoms with van der Waals surface area (Å²) in [7, 11) is 0. The fraction of sp³-hybridized carbons (Fsp3) is 0. The lowest BCUT2D eigenvalue weighted by molar-refractivity contribution is -0.395. The van der Waals surface area contributed by atoms with Crippen LogP contribution in [-0.4, -0.2) is 30.3 Å². The minimum Gasteiger partial charge on any atom is -0.258 e. The normalized spacial score (nSPS) is 11.4. The zero-order valence-electron chi connectivity index (χ0n) is 16.9.